The van der Waals surface area contributed by atoms with E-state index in [1.807, 2.05) is 29.7 Å². The zero-order valence-electron chi connectivity index (χ0n) is 8.80. The van der Waals surface area contributed by atoms with Gasteiger partial charge in [0.2, 0.25) is 0 Å². The lowest BCUT2D eigenvalue weighted by atomic mass is 10.2. The number of methoxy groups -OCH3 is 1. The molecule has 0 aliphatic heterocycles. The number of nitrogens with one attached hydrogen (secondary N) is 2. The van der Waals surface area contributed by atoms with Gasteiger partial charge in [-0.3, -0.25) is 10.4 Å². The number of nitrogens with zero attached hydrogens (tertiary/aromatic N) is 1. The van der Waals surface area contributed by atoms with E-state index in [0.29, 0.717) is 6.54 Å². The van der Waals surface area contributed by atoms with Gasteiger partial charge in [0.1, 0.15) is 12.1 Å². The quantitative estimate of drug-likeness (QED) is 0.395. The maximum Gasteiger partial charge on any atom is 0.423 e. The summed E-state index contributed by atoms with van der Waals surface area (Å²) in [6, 6.07) is 7.46. The second kappa shape index (κ2) is 6.28. The molecule has 0 fully saturated rings. The summed E-state index contributed by atoms with van der Waals surface area (Å²) in [6.45, 7) is 0.471. The molecule has 1 aromatic carbocycles. The van der Waals surface area contributed by atoms with Crippen molar-refractivity contribution in [1.29, 1.82) is 0 Å². The van der Waals surface area contributed by atoms with E-state index in [9.17, 15) is 4.79 Å². The molecule has 1 aromatic rings. The number of carboxylic acid groups (broad SMARTS) is 1. The van der Waals surface area contributed by atoms with Crippen molar-refractivity contribution in [3.05, 3.63) is 29.8 Å². The number of benzene rings is 1. The van der Waals surface area contributed by atoms with E-state index in [1.165, 1.54) is 6.34 Å². The summed E-state index contributed by atoms with van der Waals surface area (Å²) in [5.41, 5.74) is 5.27. The number of carbonyl (C=O) groups is 1. The van der Waals surface area contributed by atoms with Crippen molar-refractivity contribution in [2.24, 2.45) is 4.99 Å². The summed E-state index contributed by atoms with van der Waals surface area (Å²) in [4.78, 5) is 14.0. The Hall–Kier alpha value is -2.24. The van der Waals surface area contributed by atoms with Gasteiger partial charge in [0, 0.05) is 0 Å². The molecule has 86 valence electrons. The van der Waals surface area contributed by atoms with E-state index >= 15 is 0 Å². The predicted molar refractivity (Wildman–Crippen MR) is 59.5 cm³/mol. The molecule has 0 atom stereocenters. The van der Waals surface area contributed by atoms with Gasteiger partial charge in [-0.25, -0.2) is 10.2 Å². The lowest BCUT2D eigenvalue weighted by molar-refractivity contribution is 0.192. The molecule has 0 bridgehead atoms. The van der Waals surface area contributed by atoms with E-state index in [1.54, 1.807) is 7.11 Å². The molecule has 0 radical (unpaired) electrons. The third-order valence-corrected chi connectivity index (χ3v) is 1.77. The Bertz CT molecular complexity index is 362. The highest BCUT2D eigenvalue weighted by molar-refractivity contribution is 5.67. The summed E-state index contributed by atoms with van der Waals surface area (Å²) >= 11 is 0. The van der Waals surface area contributed by atoms with Crippen LogP contribution in [-0.2, 0) is 6.54 Å². The standard InChI is InChI=1S/C10H13N3O3/c1-16-9-4-2-8(3-5-9)6-11-7-12-13-10(14)15/h2-5,7,13H,6H2,1H3,(H,11,12)(H,14,15). The molecule has 6 heteroatoms. The van der Waals surface area contributed by atoms with Crippen LogP contribution >= 0.6 is 0 Å². The third-order valence-electron chi connectivity index (χ3n) is 1.77. The molecular formula is C10H13N3O3. The van der Waals surface area contributed by atoms with Gasteiger partial charge in [-0.05, 0) is 17.7 Å². The highest BCUT2D eigenvalue weighted by Crippen LogP contribution is 2.11. The third kappa shape index (κ3) is 4.32. The Labute approximate surface area is 92.9 Å². The van der Waals surface area contributed by atoms with Crippen LogP contribution in [0.15, 0.2) is 29.3 Å². The largest absolute Gasteiger partial charge is 0.497 e. The molecule has 0 aliphatic rings. The fraction of sp³-hybridized carbons (Fsp3) is 0.200. The molecule has 1 rings (SSSR count). The predicted octanol–water partition coefficient (Wildman–Crippen LogP) is 0.996. The first-order valence-electron chi connectivity index (χ1n) is 4.58. The number of ether oxygens (including phenoxy) is 1. The van der Waals surface area contributed by atoms with E-state index in [-0.39, 0.29) is 0 Å². The fourth-order valence-corrected chi connectivity index (χ4v) is 1.02. The Morgan fingerprint density at radius 2 is 2.19 bits per heavy atom. The molecule has 3 N–H and O–H groups in total. The van der Waals surface area contributed by atoms with Crippen molar-refractivity contribution >= 4 is 12.4 Å². The van der Waals surface area contributed by atoms with Gasteiger partial charge in [0.25, 0.3) is 0 Å². The van der Waals surface area contributed by atoms with E-state index in [2.05, 4.69) is 10.4 Å². The zero-order valence-corrected chi connectivity index (χ0v) is 8.80. The van der Waals surface area contributed by atoms with Gasteiger partial charge < -0.3 is 9.84 Å². The molecular weight excluding hydrogens is 210 g/mol. The summed E-state index contributed by atoms with van der Waals surface area (Å²) in [5, 5.41) is 8.24. The van der Waals surface area contributed by atoms with Gasteiger partial charge in [-0.2, -0.15) is 0 Å². The lowest BCUT2D eigenvalue weighted by Gasteiger charge is -2.01. The van der Waals surface area contributed by atoms with Crippen LogP contribution in [0.4, 0.5) is 4.79 Å². The minimum absolute atomic E-state index is 0.471. The topological polar surface area (TPSA) is 83.0 Å². The number of aliphatic imine (C=N–C) groups is 1. The molecule has 1 amide bonds. The Morgan fingerprint density at radius 1 is 1.50 bits per heavy atom. The Morgan fingerprint density at radius 3 is 2.75 bits per heavy atom. The molecule has 0 aliphatic carbocycles. The van der Waals surface area contributed by atoms with Gasteiger partial charge >= 0.3 is 6.09 Å². The van der Waals surface area contributed by atoms with Gasteiger partial charge in [-0.1, -0.05) is 12.1 Å². The summed E-state index contributed by atoms with van der Waals surface area (Å²) in [5.74, 6) is 0.790. The minimum atomic E-state index is -1.16. The average Bonchev–Trinajstić information content (AvgIpc) is 2.29. The monoisotopic (exact) mass is 223 g/mol. The SMILES string of the molecule is COc1ccc(CN=CNNC(=O)O)cc1. The molecule has 0 saturated carbocycles. The first-order valence-corrected chi connectivity index (χ1v) is 4.58. The van der Waals surface area contributed by atoms with Gasteiger partial charge in [0.15, 0.2) is 0 Å². The van der Waals surface area contributed by atoms with Crippen molar-refractivity contribution in [1.82, 2.24) is 10.9 Å². The number of hydrogen-bond donors (Lipinski definition) is 3. The molecule has 6 nitrogen and oxygen atoms in total. The maximum absolute atomic E-state index is 10.1. The molecule has 0 unspecified atom stereocenters. The van der Waals surface area contributed by atoms with E-state index < -0.39 is 6.09 Å². The van der Waals surface area contributed by atoms with E-state index in [4.69, 9.17) is 9.84 Å². The zero-order chi connectivity index (χ0) is 11.8. The van der Waals surface area contributed by atoms with Crippen LogP contribution in [0.1, 0.15) is 5.56 Å². The molecule has 0 aromatic heterocycles. The number of amides is 1. The van der Waals surface area contributed by atoms with Crippen LogP contribution in [0, 0.1) is 0 Å². The second-order valence-corrected chi connectivity index (χ2v) is 2.89. The summed E-state index contributed by atoms with van der Waals surface area (Å²) < 4.78 is 5.01. The Balaban J connectivity index is 2.33. The number of hydrazine groups is 1. The molecule has 0 heterocycles. The summed E-state index contributed by atoms with van der Waals surface area (Å²) in [6.07, 6.45) is 0.133. The van der Waals surface area contributed by atoms with Crippen LogP contribution in [0.5, 0.6) is 5.75 Å². The first kappa shape index (κ1) is 11.8. The number of hydrogen-bond acceptors (Lipinski definition) is 3. The average molecular weight is 223 g/mol. The second-order valence-electron chi connectivity index (χ2n) is 2.89. The van der Waals surface area contributed by atoms with Gasteiger partial charge in [-0.15, -0.1) is 0 Å². The van der Waals surface area contributed by atoms with Gasteiger partial charge in [0.05, 0.1) is 13.7 Å². The van der Waals surface area contributed by atoms with Crippen LogP contribution in [-0.4, -0.2) is 24.6 Å². The van der Waals surface area contributed by atoms with E-state index in [0.717, 1.165) is 11.3 Å². The van der Waals surface area contributed by atoms with Crippen molar-refractivity contribution < 1.29 is 14.6 Å². The van der Waals surface area contributed by atoms with Crippen molar-refractivity contribution in [3.63, 3.8) is 0 Å². The van der Waals surface area contributed by atoms with Crippen LogP contribution in [0.2, 0.25) is 0 Å². The van der Waals surface area contributed by atoms with Crippen LogP contribution in [0.25, 0.3) is 0 Å². The van der Waals surface area contributed by atoms with Crippen molar-refractivity contribution in [3.8, 4) is 5.75 Å². The minimum Gasteiger partial charge on any atom is -0.497 e. The normalized spacial score (nSPS) is 10.1. The first-order chi connectivity index (χ1) is 7.72. The number of rotatable bonds is 5. The highest BCUT2D eigenvalue weighted by atomic mass is 16.5. The lowest BCUT2D eigenvalue weighted by Crippen LogP contribution is -2.34. The molecule has 16 heavy (non-hydrogen) atoms. The van der Waals surface area contributed by atoms with Crippen LogP contribution < -0.4 is 15.6 Å². The highest BCUT2D eigenvalue weighted by Gasteiger charge is 1.92. The van der Waals surface area contributed by atoms with Crippen LogP contribution in [0.3, 0.4) is 0 Å². The van der Waals surface area contributed by atoms with Crippen molar-refractivity contribution in [2.75, 3.05) is 7.11 Å². The molecule has 0 spiro atoms. The fourth-order valence-electron chi connectivity index (χ4n) is 1.02. The summed E-state index contributed by atoms with van der Waals surface area (Å²) in [7, 11) is 1.61. The van der Waals surface area contributed by atoms with Crippen molar-refractivity contribution in [2.45, 2.75) is 6.54 Å². The smallest absolute Gasteiger partial charge is 0.423 e. The maximum atomic E-state index is 10.1. The Kier molecular flexibility index (Phi) is 4.65. The molecule has 0 saturated heterocycles.